The highest BCUT2D eigenvalue weighted by atomic mass is 32.2. The molecule has 3 nitrogen and oxygen atoms in total. The molecule has 1 amide bonds. The van der Waals surface area contributed by atoms with Gasteiger partial charge in [-0.05, 0) is 41.9 Å². The highest BCUT2D eigenvalue weighted by Gasteiger charge is 2.34. The van der Waals surface area contributed by atoms with Crippen molar-refractivity contribution >= 4 is 28.6 Å². The zero-order valence-electron chi connectivity index (χ0n) is 15.3. The van der Waals surface area contributed by atoms with Gasteiger partial charge in [-0.2, -0.15) is 11.8 Å². The molecule has 4 rings (SSSR count). The largest absolute Gasteiger partial charge is 0.356 e. The molecule has 2 heterocycles. The standard InChI is InChI=1S/C22H24N2OS/c1-3-15-8-10-16(11-9-15)22-21-18(12-13-24(22)20(25)14-26-2)17-6-4-5-7-19(17)23-21/h4-11,22-23H,3,12-14H2,1-2H3/t22-/m1/s1. The Kier molecular flexibility index (Phi) is 4.77. The van der Waals surface area contributed by atoms with Crippen LogP contribution in [0.4, 0.5) is 0 Å². The van der Waals surface area contributed by atoms with E-state index in [1.54, 1.807) is 11.8 Å². The summed E-state index contributed by atoms with van der Waals surface area (Å²) in [5.41, 5.74) is 6.20. The molecular weight excluding hydrogens is 340 g/mol. The number of carbonyl (C=O) groups excluding carboxylic acids is 1. The summed E-state index contributed by atoms with van der Waals surface area (Å²) in [5.74, 6) is 0.741. The molecule has 134 valence electrons. The summed E-state index contributed by atoms with van der Waals surface area (Å²) in [6, 6.07) is 17.2. The van der Waals surface area contributed by atoms with Crippen molar-refractivity contribution in [3.05, 3.63) is 70.9 Å². The maximum absolute atomic E-state index is 12.8. The number of rotatable bonds is 4. The van der Waals surface area contributed by atoms with Crippen molar-refractivity contribution in [2.75, 3.05) is 18.6 Å². The lowest BCUT2D eigenvalue weighted by Crippen LogP contribution is -2.41. The number of para-hydroxylation sites is 1. The van der Waals surface area contributed by atoms with Crippen molar-refractivity contribution in [2.45, 2.75) is 25.8 Å². The van der Waals surface area contributed by atoms with Crippen LogP contribution < -0.4 is 0 Å². The molecular formula is C22H24N2OS. The highest BCUT2D eigenvalue weighted by molar-refractivity contribution is 7.99. The third kappa shape index (κ3) is 2.92. The maximum Gasteiger partial charge on any atom is 0.233 e. The summed E-state index contributed by atoms with van der Waals surface area (Å²) in [6.07, 6.45) is 3.92. The summed E-state index contributed by atoms with van der Waals surface area (Å²) < 4.78 is 0. The zero-order chi connectivity index (χ0) is 18.1. The van der Waals surface area contributed by atoms with E-state index in [9.17, 15) is 4.79 Å². The quantitative estimate of drug-likeness (QED) is 0.736. The van der Waals surface area contributed by atoms with Gasteiger partial charge < -0.3 is 9.88 Å². The van der Waals surface area contributed by atoms with Crippen LogP contribution in [0.3, 0.4) is 0 Å². The lowest BCUT2D eigenvalue weighted by molar-refractivity contribution is -0.130. The summed E-state index contributed by atoms with van der Waals surface area (Å²) in [6.45, 7) is 2.94. The van der Waals surface area contributed by atoms with Gasteiger partial charge in [0.05, 0.1) is 11.8 Å². The highest BCUT2D eigenvalue weighted by Crippen LogP contribution is 2.38. The number of hydrogen-bond donors (Lipinski definition) is 1. The molecule has 1 aromatic heterocycles. The first-order chi connectivity index (χ1) is 12.7. The van der Waals surface area contributed by atoms with Crippen molar-refractivity contribution < 1.29 is 4.79 Å². The number of nitrogens with zero attached hydrogens (tertiary/aromatic N) is 1. The SMILES string of the molecule is CCc1ccc([C@@H]2c3[nH]c4ccccc4c3CCN2C(=O)CSC)cc1. The summed E-state index contributed by atoms with van der Waals surface area (Å²) in [7, 11) is 0. The molecule has 1 aliphatic rings. The Morgan fingerprint density at radius 2 is 1.96 bits per heavy atom. The van der Waals surface area contributed by atoms with Crippen LogP contribution >= 0.6 is 11.8 Å². The Labute approximate surface area is 158 Å². The third-order valence-corrected chi connectivity index (χ3v) is 5.86. The van der Waals surface area contributed by atoms with Crippen LogP contribution in [0.2, 0.25) is 0 Å². The lowest BCUT2D eigenvalue weighted by atomic mass is 9.91. The monoisotopic (exact) mass is 364 g/mol. The fourth-order valence-corrected chi connectivity index (χ4v) is 4.41. The van der Waals surface area contributed by atoms with Gasteiger partial charge in [-0.1, -0.05) is 49.4 Å². The number of amides is 1. The van der Waals surface area contributed by atoms with E-state index >= 15 is 0 Å². The first-order valence-corrected chi connectivity index (χ1v) is 10.6. The van der Waals surface area contributed by atoms with Crippen LogP contribution in [-0.2, 0) is 17.6 Å². The molecule has 1 atom stereocenters. The van der Waals surface area contributed by atoms with Gasteiger partial charge in [0.15, 0.2) is 0 Å². The predicted molar refractivity (Wildman–Crippen MR) is 110 cm³/mol. The minimum absolute atomic E-state index is 0.0308. The van der Waals surface area contributed by atoms with E-state index in [2.05, 4.69) is 65.3 Å². The topological polar surface area (TPSA) is 36.1 Å². The second-order valence-corrected chi connectivity index (χ2v) is 7.70. The van der Waals surface area contributed by atoms with E-state index in [-0.39, 0.29) is 11.9 Å². The fraction of sp³-hybridized carbons (Fsp3) is 0.318. The van der Waals surface area contributed by atoms with Crippen molar-refractivity contribution in [3.63, 3.8) is 0 Å². The number of thioether (sulfide) groups is 1. The Balaban J connectivity index is 1.84. The molecule has 26 heavy (non-hydrogen) atoms. The second kappa shape index (κ2) is 7.20. The number of H-pyrrole nitrogens is 1. The van der Waals surface area contributed by atoms with Crippen molar-refractivity contribution in [2.24, 2.45) is 0 Å². The molecule has 0 unspecified atom stereocenters. The number of benzene rings is 2. The number of aromatic nitrogens is 1. The van der Waals surface area contributed by atoms with E-state index in [1.807, 2.05) is 6.26 Å². The van der Waals surface area contributed by atoms with Gasteiger partial charge in [0.1, 0.15) is 0 Å². The van der Waals surface area contributed by atoms with Gasteiger partial charge in [-0.3, -0.25) is 4.79 Å². The summed E-state index contributed by atoms with van der Waals surface area (Å²) in [5, 5.41) is 1.29. The van der Waals surface area contributed by atoms with Crippen LogP contribution in [0.25, 0.3) is 10.9 Å². The van der Waals surface area contributed by atoms with Crippen LogP contribution in [0, 0.1) is 0 Å². The minimum Gasteiger partial charge on any atom is -0.356 e. The summed E-state index contributed by atoms with van der Waals surface area (Å²) >= 11 is 1.59. The summed E-state index contributed by atoms with van der Waals surface area (Å²) in [4.78, 5) is 18.5. The van der Waals surface area contributed by atoms with Crippen LogP contribution in [0.1, 0.15) is 35.3 Å². The molecule has 0 fully saturated rings. The van der Waals surface area contributed by atoms with Gasteiger partial charge in [-0.25, -0.2) is 0 Å². The molecule has 1 aliphatic heterocycles. The zero-order valence-corrected chi connectivity index (χ0v) is 16.1. The van der Waals surface area contributed by atoms with Gasteiger partial charge in [0.25, 0.3) is 0 Å². The third-order valence-electron chi connectivity index (χ3n) is 5.33. The Morgan fingerprint density at radius 1 is 1.19 bits per heavy atom. The van der Waals surface area contributed by atoms with E-state index in [4.69, 9.17) is 0 Å². The van der Waals surface area contributed by atoms with E-state index < -0.39 is 0 Å². The Morgan fingerprint density at radius 3 is 2.69 bits per heavy atom. The van der Waals surface area contributed by atoms with Crippen molar-refractivity contribution in [1.29, 1.82) is 0 Å². The fourth-order valence-electron chi connectivity index (χ4n) is 4.00. The van der Waals surface area contributed by atoms with Gasteiger partial charge >= 0.3 is 0 Å². The van der Waals surface area contributed by atoms with Crippen LogP contribution in [0.15, 0.2) is 48.5 Å². The van der Waals surface area contributed by atoms with Crippen LogP contribution in [0.5, 0.6) is 0 Å². The average molecular weight is 365 g/mol. The number of nitrogens with one attached hydrogen (secondary N) is 1. The predicted octanol–water partition coefficient (Wildman–Crippen LogP) is 4.57. The normalized spacial score (nSPS) is 16.7. The molecule has 3 aromatic rings. The second-order valence-electron chi connectivity index (χ2n) is 6.83. The number of hydrogen-bond acceptors (Lipinski definition) is 2. The molecule has 0 bridgehead atoms. The average Bonchev–Trinajstić information content (AvgIpc) is 3.06. The van der Waals surface area contributed by atoms with E-state index in [1.165, 1.54) is 27.8 Å². The maximum atomic E-state index is 12.8. The van der Waals surface area contributed by atoms with E-state index in [0.29, 0.717) is 5.75 Å². The Bertz CT molecular complexity index is 929. The van der Waals surface area contributed by atoms with Crippen molar-refractivity contribution in [1.82, 2.24) is 9.88 Å². The molecule has 0 saturated heterocycles. The molecule has 0 radical (unpaired) electrons. The first kappa shape index (κ1) is 17.2. The number of carbonyl (C=O) groups is 1. The van der Waals surface area contributed by atoms with Gasteiger partial charge in [-0.15, -0.1) is 0 Å². The molecule has 0 aliphatic carbocycles. The molecule has 1 N–H and O–H groups in total. The smallest absolute Gasteiger partial charge is 0.233 e. The molecule has 4 heteroatoms. The number of aromatic amines is 1. The van der Waals surface area contributed by atoms with Gasteiger partial charge in [0.2, 0.25) is 5.91 Å². The minimum atomic E-state index is -0.0308. The first-order valence-electron chi connectivity index (χ1n) is 9.19. The molecule has 2 aromatic carbocycles. The van der Waals surface area contributed by atoms with E-state index in [0.717, 1.165) is 24.9 Å². The number of fused-ring (bicyclic) bond motifs is 3. The molecule has 0 saturated carbocycles. The lowest BCUT2D eigenvalue weighted by Gasteiger charge is -2.36. The molecule has 0 spiro atoms. The van der Waals surface area contributed by atoms with Crippen LogP contribution in [-0.4, -0.2) is 34.3 Å². The van der Waals surface area contributed by atoms with Crippen molar-refractivity contribution in [3.8, 4) is 0 Å². The Hall–Kier alpha value is -2.20. The van der Waals surface area contributed by atoms with Gasteiger partial charge in [0, 0.05) is 23.1 Å². The number of aryl methyl sites for hydroxylation is 1.